The predicted octanol–water partition coefficient (Wildman–Crippen LogP) is 4.31. The van der Waals surface area contributed by atoms with E-state index in [2.05, 4.69) is 4.57 Å². The molecule has 0 radical (unpaired) electrons. The minimum atomic E-state index is -0.445. The van der Waals surface area contributed by atoms with Crippen molar-refractivity contribution in [2.75, 3.05) is 13.2 Å². The van der Waals surface area contributed by atoms with Crippen LogP contribution < -0.4 is 0 Å². The third kappa shape index (κ3) is 4.19. The lowest BCUT2D eigenvalue weighted by molar-refractivity contribution is -0.141. The van der Waals surface area contributed by atoms with Crippen LogP contribution in [0.4, 0.5) is 0 Å². The molecule has 0 bridgehead atoms. The number of fused-ring (bicyclic) bond motifs is 1. The average molecular weight is 409 g/mol. The Kier molecular flexibility index (Phi) is 5.77. The highest BCUT2D eigenvalue weighted by molar-refractivity contribution is 5.99. The van der Waals surface area contributed by atoms with Crippen LogP contribution in [0.2, 0.25) is 0 Å². The van der Waals surface area contributed by atoms with E-state index in [1.54, 1.807) is 6.26 Å². The van der Waals surface area contributed by atoms with Gasteiger partial charge in [0.2, 0.25) is 5.78 Å². The van der Waals surface area contributed by atoms with Gasteiger partial charge in [0.1, 0.15) is 5.58 Å². The third-order valence-corrected chi connectivity index (χ3v) is 5.79. The van der Waals surface area contributed by atoms with Gasteiger partial charge in [0, 0.05) is 41.1 Å². The lowest BCUT2D eigenvalue weighted by Gasteiger charge is -2.14. The molecule has 30 heavy (non-hydrogen) atoms. The number of esters is 1. The number of aryl methyl sites for hydroxylation is 2. The molecule has 0 spiro atoms. The molecule has 1 fully saturated rings. The largest absolute Gasteiger partial charge is 0.464 e. The average Bonchev–Trinajstić information content (AvgIpc) is 3.43. The van der Waals surface area contributed by atoms with Crippen LogP contribution in [0.25, 0.3) is 11.0 Å². The molecule has 0 aliphatic carbocycles. The Morgan fingerprint density at radius 1 is 1.20 bits per heavy atom. The first kappa shape index (κ1) is 20.4. The second kappa shape index (κ2) is 8.48. The van der Waals surface area contributed by atoms with Gasteiger partial charge < -0.3 is 18.5 Å². The molecular weight excluding hydrogens is 382 g/mol. The number of rotatable bonds is 7. The van der Waals surface area contributed by atoms with Gasteiger partial charge in [-0.15, -0.1) is 0 Å². The summed E-state index contributed by atoms with van der Waals surface area (Å²) >= 11 is 0. The molecule has 0 unspecified atom stereocenters. The number of ketones is 1. The fourth-order valence-electron chi connectivity index (χ4n) is 4.11. The van der Waals surface area contributed by atoms with Crippen molar-refractivity contribution in [3.8, 4) is 0 Å². The molecule has 2 aromatic heterocycles. The second-order valence-corrected chi connectivity index (χ2v) is 8.05. The molecule has 6 nitrogen and oxygen atoms in total. The monoisotopic (exact) mass is 409 g/mol. The van der Waals surface area contributed by atoms with Crippen LogP contribution >= 0.6 is 0 Å². The molecule has 3 heterocycles. The standard InChI is InChI=1S/C24H27NO5/c1-15-6-7-20-18(13-29-23(20)9-15)11-24(27)30-14-22(26)21-10-16(2)25(17(21)3)12-19-5-4-8-28-19/h6-7,9-10,13,19H,4-5,8,11-12,14H2,1-3H3/t19-/m1/s1. The maximum Gasteiger partial charge on any atom is 0.310 e. The van der Waals surface area contributed by atoms with E-state index in [9.17, 15) is 9.59 Å². The molecule has 1 aliphatic heterocycles. The van der Waals surface area contributed by atoms with Crippen molar-refractivity contribution in [2.24, 2.45) is 0 Å². The lowest BCUT2D eigenvalue weighted by atomic mass is 10.1. The van der Waals surface area contributed by atoms with E-state index in [1.807, 2.05) is 45.0 Å². The van der Waals surface area contributed by atoms with Gasteiger partial charge in [-0.05, 0) is 51.3 Å². The van der Waals surface area contributed by atoms with Gasteiger partial charge in [-0.1, -0.05) is 12.1 Å². The van der Waals surface area contributed by atoms with Gasteiger partial charge in [-0.25, -0.2) is 0 Å². The maximum atomic E-state index is 12.7. The van der Waals surface area contributed by atoms with Crippen molar-refractivity contribution in [3.05, 3.63) is 58.6 Å². The fourth-order valence-corrected chi connectivity index (χ4v) is 4.11. The van der Waals surface area contributed by atoms with E-state index in [0.717, 1.165) is 59.5 Å². The molecular formula is C24H27NO5. The normalized spacial score (nSPS) is 16.3. The Hall–Kier alpha value is -2.86. The summed E-state index contributed by atoms with van der Waals surface area (Å²) in [6, 6.07) is 7.71. The Labute approximate surface area is 175 Å². The zero-order chi connectivity index (χ0) is 21.3. The van der Waals surface area contributed by atoms with E-state index < -0.39 is 5.97 Å². The first-order valence-electron chi connectivity index (χ1n) is 10.4. The molecule has 0 N–H and O–H groups in total. The summed E-state index contributed by atoms with van der Waals surface area (Å²) in [6.07, 6.45) is 3.97. The van der Waals surface area contributed by atoms with E-state index in [4.69, 9.17) is 13.9 Å². The molecule has 1 aromatic carbocycles. The molecule has 4 rings (SSSR count). The Balaban J connectivity index is 1.37. The van der Waals surface area contributed by atoms with Crippen molar-refractivity contribution in [1.29, 1.82) is 0 Å². The smallest absolute Gasteiger partial charge is 0.310 e. The molecule has 1 atom stereocenters. The number of Topliss-reactive ketones (excluding diaryl/α,β-unsaturated/α-hetero) is 1. The van der Waals surface area contributed by atoms with Crippen LogP contribution in [0.3, 0.4) is 0 Å². The van der Waals surface area contributed by atoms with Gasteiger partial charge in [0.15, 0.2) is 6.61 Å². The summed E-state index contributed by atoms with van der Waals surface area (Å²) in [6.45, 7) is 7.18. The van der Waals surface area contributed by atoms with Gasteiger partial charge in [-0.3, -0.25) is 9.59 Å². The maximum absolute atomic E-state index is 12.7. The van der Waals surface area contributed by atoms with Crippen molar-refractivity contribution < 1.29 is 23.5 Å². The van der Waals surface area contributed by atoms with Crippen LogP contribution in [-0.2, 0) is 27.2 Å². The zero-order valence-corrected chi connectivity index (χ0v) is 17.7. The first-order chi connectivity index (χ1) is 14.4. The fraction of sp³-hybridized carbons (Fsp3) is 0.417. The first-order valence-corrected chi connectivity index (χ1v) is 10.4. The highest BCUT2D eigenvalue weighted by atomic mass is 16.5. The minimum absolute atomic E-state index is 0.0708. The Morgan fingerprint density at radius 3 is 2.80 bits per heavy atom. The number of hydrogen-bond acceptors (Lipinski definition) is 5. The number of aromatic nitrogens is 1. The number of carbonyl (C=O) groups excluding carboxylic acids is 2. The van der Waals surface area contributed by atoms with Crippen LogP contribution in [0.1, 0.15) is 45.7 Å². The van der Waals surface area contributed by atoms with Gasteiger partial charge in [0.25, 0.3) is 0 Å². The highest BCUT2D eigenvalue weighted by Gasteiger charge is 2.22. The second-order valence-electron chi connectivity index (χ2n) is 8.05. The number of furan rings is 1. The quantitative estimate of drug-likeness (QED) is 0.430. The molecule has 1 saturated heterocycles. The lowest BCUT2D eigenvalue weighted by Crippen LogP contribution is -2.18. The molecule has 1 aliphatic rings. The number of nitrogens with zero attached hydrogens (tertiary/aromatic N) is 1. The van der Waals surface area contributed by atoms with E-state index >= 15 is 0 Å². The van der Waals surface area contributed by atoms with Crippen molar-refractivity contribution >= 4 is 22.7 Å². The highest BCUT2D eigenvalue weighted by Crippen LogP contribution is 2.23. The van der Waals surface area contributed by atoms with E-state index in [-0.39, 0.29) is 24.9 Å². The summed E-state index contributed by atoms with van der Waals surface area (Å²) in [5, 5.41) is 0.890. The number of carbonyl (C=O) groups is 2. The van der Waals surface area contributed by atoms with Crippen LogP contribution in [-0.4, -0.2) is 35.6 Å². The van der Waals surface area contributed by atoms with Crippen LogP contribution in [0.5, 0.6) is 0 Å². The van der Waals surface area contributed by atoms with Gasteiger partial charge in [0.05, 0.1) is 18.8 Å². The Morgan fingerprint density at radius 2 is 2.03 bits per heavy atom. The predicted molar refractivity (Wildman–Crippen MR) is 113 cm³/mol. The van der Waals surface area contributed by atoms with Crippen molar-refractivity contribution in [2.45, 2.75) is 52.7 Å². The minimum Gasteiger partial charge on any atom is -0.464 e. The molecule has 6 heteroatoms. The zero-order valence-electron chi connectivity index (χ0n) is 17.7. The Bertz CT molecular complexity index is 1080. The van der Waals surface area contributed by atoms with E-state index in [0.29, 0.717) is 5.56 Å². The summed E-state index contributed by atoms with van der Waals surface area (Å²) in [4.78, 5) is 25.0. The third-order valence-electron chi connectivity index (χ3n) is 5.79. The number of benzene rings is 1. The van der Waals surface area contributed by atoms with E-state index in [1.165, 1.54) is 0 Å². The molecule has 158 valence electrons. The summed E-state index contributed by atoms with van der Waals surface area (Å²) in [5.41, 5.74) is 5.10. The summed E-state index contributed by atoms with van der Waals surface area (Å²) in [5.74, 6) is -0.637. The summed E-state index contributed by atoms with van der Waals surface area (Å²) < 4.78 is 18.6. The summed E-state index contributed by atoms with van der Waals surface area (Å²) in [7, 11) is 0. The molecule has 0 saturated carbocycles. The van der Waals surface area contributed by atoms with Crippen LogP contribution in [0.15, 0.2) is 34.9 Å². The van der Waals surface area contributed by atoms with Crippen molar-refractivity contribution in [1.82, 2.24) is 4.57 Å². The number of hydrogen-bond donors (Lipinski definition) is 0. The van der Waals surface area contributed by atoms with Crippen LogP contribution in [0, 0.1) is 20.8 Å². The molecule has 0 amide bonds. The number of ether oxygens (including phenoxy) is 2. The SMILES string of the molecule is Cc1ccc2c(CC(=O)OCC(=O)c3cc(C)n(C[C@H]4CCCO4)c3C)coc2c1. The van der Waals surface area contributed by atoms with Gasteiger partial charge in [-0.2, -0.15) is 0 Å². The van der Waals surface area contributed by atoms with Gasteiger partial charge >= 0.3 is 5.97 Å². The topological polar surface area (TPSA) is 70.7 Å². The molecule has 3 aromatic rings. The van der Waals surface area contributed by atoms with Crippen molar-refractivity contribution in [3.63, 3.8) is 0 Å².